The molecule has 2 aromatic carbocycles. The van der Waals surface area contributed by atoms with Crippen molar-refractivity contribution in [2.75, 3.05) is 12.4 Å². The van der Waals surface area contributed by atoms with Crippen LogP contribution in [0, 0.1) is 5.82 Å². The van der Waals surface area contributed by atoms with Crippen LogP contribution in [0.1, 0.15) is 35.7 Å². The van der Waals surface area contributed by atoms with Crippen molar-refractivity contribution < 1.29 is 13.9 Å². The van der Waals surface area contributed by atoms with Crippen LogP contribution >= 0.6 is 0 Å². The molecule has 0 unspecified atom stereocenters. The monoisotopic (exact) mass is 301 g/mol. The molecule has 1 amide bonds. The molecular weight excluding hydrogens is 281 g/mol. The van der Waals surface area contributed by atoms with Gasteiger partial charge in [-0.25, -0.2) is 4.39 Å². The first kappa shape index (κ1) is 16.0. The van der Waals surface area contributed by atoms with Crippen LogP contribution < -0.4 is 10.1 Å². The minimum Gasteiger partial charge on any atom is -0.497 e. The van der Waals surface area contributed by atoms with E-state index >= 15 is 0 Å². The van der Waals surface area contributed by atoms with E-state index in [1.807, 2.05) is 24.3 Å². The topological polar surface area (TPSA) is 38.3 Å². The maximum atomic E-state index is 13.9. The van der Waals surface area contributed by atoms with E-state index in [-0.39, 0.29) is 5.56 Å². The molecule has 0 bridgehead atoms. The summed E-state index contributed by atoms with van der Waals surface area (Å²) < 4.78 is 18.8. The fraction of sp³-hybridized carbons (Fsp3) is 0.278. The number of unbranched alkanes of at least 4 members (excludes halogenated alkanes) is 1. The Morgan fingerprint density at radius 2 is 1.91 bits per heavy atom. The van der Waals surface area contributed by atoms with E-state index in [4.69, 9.17) is 4.74 Å². The minimum absolute atomic E-state index is 0.00383. The number of nitrogens with one attached hydrogen (secondary N) is 1. The lowest BCUT2D eigenvalue weighted by Gasteiger charge is -2.08. The summed E-state index contributed by atoms with van der Waals surface area (Å²) in [6, 6.07) is 11.8. The summed E-state index contributed by atoms with van der Waals surface area (Å²) in [7, 11) is 1.45. The van der Waals surface area contributed by atoms with Crippen LogP contribution in [0.2, 0.25) is 0 Å². The van der Waals surface area contributed by atoms with Crippen LogP contribution in [0.5, 0.6) is 5.75 Å². The molecule has 0 saturated heterocycles. The Kier molecular flexibility index (Phi) is 5.53. The zero-order valence-electron chi connectivity index (χ0n) is 12.9. The molecule has 0 aliphatic carbocycles. The van der Waals surface area contributed by atoms with Crippen LogP contribution in [-0.2, 0) is 6.42 Å². The summed E-state index contributed by atoms with van der Waals surface area (Å²) in [5, 5.41) is 2.70. The van der Waals surface area contributed by atoms with Crippen molar-refractivity contribution in [2.24, 2.45) is 0 Å². The molecule has 22 heavy (non-hydrogen) atoms. The number of anilines is 1. The standard InChI is InChI=1S/C18H20FNO2/c1-3-4-5-13-6-8-14(9-7-13)20-18(21)16-11-10-15(22-2)12-17(16)19/h6-12H,3-5H2,1-2H3,(H,20,21). The first-order chi connectivity index (χ1) is 10.6. The SMILES string of the molecule is CCCCc1ccc(NC(=O)c2ccc(OC)cc2F)cc1. The molecular formula is C18H20FNO2. The van der Waals surface area contributed by atoms with Gasteiger partial charge in [0.2, 0.25) is 0 Å². The molecule has 0 aromatic heterocycles. The second-order valence-corrected chi connectivity index (χ2v) is 5.10. The number of benzene rings is 2. The third-order valence-corrected chi connectivity index (χ3v) is 3.45. The molecule has 116 valence electrons. The third kappa shape index (κ3) is 4.07. The zero-order valence-corrected chi connectivity index (χ0v) is 12.9. The maximum absolute atomic E-state index is 13.9. The Morgan fingerprint density at radius 3 is 2.50 bits per heavy atom. The molecule has 2 rings (SSSR count). The molecule has 2 aromatic rings. The number of halogens is 1. The summed E-state index contributed by atoms with van der Waals surface area (Å²) in [4.78, 5) is 12.1. The maximum Gasteiger partial charge on any atom is 0.258 e. The van der Waals surface area contributed by atoms with Gasteiger partial charge < -0.3 is 10.1 Å². The smallest absolute Gasteiger partial charge is 0.258 e. The van der Waals surface area contributed by atoms with Crippen molar-refractivity contribution in [1.29, 1.82) is 0 Å². The van der Waals surface area contributed by atoms with Crippen LogP contribution in [-0.4, -0.2) is 13.0 Å². The lowest BCUT2D eigenvalue weighted by molar-refractivity contribution is 0.102. The van der Waals surface area contributed by atoms with Gasteiger partial charge in [-0.3, -0.25) is 4.79 Å². The number of hydrogen-bond donors (Lipinski definition) is 1. The molecule has 0 radical (unpaired) electrons. The van der Waals surface area contributed by atoms with E-state index < -0.39 is 11.7 Å². The number of hydrogen-bond acceptors (Lipinski definition) is 2. The van der Waals surface area contributed by atoms with Gasteiger partial charge in [-0.05, 0) is 42.7 Å². The van der Waals surface area contributed by atoms with Crippen LogP contribution in [0.3, 0.4) is 0 Å². The molecule has 1 N–H and O–H groups in total. The van der Waals surface area contributed by atoms with E-state index in [1.165, 1.54) is 24.8 Å². The van der Waals surface area contributed by atoms with E-state index in [9.17, 15) is 9.18 Å². The molecule has 0 saturated carbocycles. The van der Waals surface area contributed by atoms with Gasteiger partial charge >= 0.3 is 0 Å². The summed E-state index contributed by atoms with van der Waals surface area (Å²) in [6.45, 7) is 2.15. The van der Waals surface area contributed by atoms with Gasteiger partial charge in [-0.1, -0.05) is 25.5 Å². The number of rotatable bonds is 6. The largest absolute Gasteiger partial charge is 0.497 e. The highest BCUT2D eigenvalue weighted by atomic mass is 19.1. The van der Waals surface area contributed by atoms with Gasteiger partial charge in [0.05, 0.1) is 12.7 Å². The summed E-state index contributed by atoms with van der Waals surface area (Å²) in [5.74, 6) is -0.688. The number of carbonyl (C=O) groups is 1. The Labute approximate surface area is 130 Å². The predicted molar refractivity (Wildman–Crippen MR) is 86.0 cm³/mol. The van der Waals surface area contributed by atoms with Crippen molar-refractivity contribution in [1.82, 2.24) is 0 Å². The van der Waals surface area contributed by atoms with Crippen molar-refractivity contribution in [3.63, 3.8) is 0 Å². The zero-order chi connectivity index (χ0) is 15.9. The Balaban J connectivity index is 2.05. The van der Waals surface area contributed by atoms with Crippen molar-refractivity contribution in [3.8, 4) is 5.75 Å². The van der Waals surface area contributed by atoms with E-state index in [2.05, 4.69) is 12.2 Å². The number of ether oxygens (including phenoxy) is 1. The lowest BCUT2D eigenvalue weighted by Crippen LogP contribution is -2.13. The highest BCUT2D eigenvalue weighted by Gasteiger charge is 2.12. The number of aryl methyl sites for hydroxylation is 1. The van der Waals surface area contributed by atoms with Gasteiger partial charge in [0.15, 0.2) is 0 Å². The van der Waals surface area contributed by atoms with Gasteiger partial charge in [0.25, 0.3) is 5.91 Å². The molecule has 3 nitrogen and oxygen atoms in total. The third-order valence-electron chi connectivity index (χ3n) is 3.45. The Hall–Kier alpha value is -2.36. The predicted octanol–water partition coefficient (Wildman–Crippen LogP) is 4.43. The average molecular weight is 301 g/mol. The second kappa shape index (κ2) is 7.59. The van der Waals surface area contributed by atoms with Crippen molar-refractivity contribution in [2.45, 2.75) is 26.2 Å². The molecule has 0 aliphatic heterocycles. The summed E-state index contributed by atoms with van der Waals surface area (Å²) >= 11 is 0. The second-order valence-electron chi connectivity index (χ2n) is 5.10. The number of carbonyl (C=O) groups excluding carboxylic acids is 1. The first-order valence-corrected chi connectivity index (χ1v) is 7.38. The summed E-state index contributed by atoms with van der Waals surface area (Å²) in [5.41, 5.74) is 1.88. The Bertz CT molecular complexity index is 638. The molecule has 0 heterocycles. The van der Waals surface area contributed by atoms with Crippen LogP contribution in [0.4, 0.5) is 10.1 Å². The van der Waals surface area contributed by atoms with E-state index in [0.717, 1.165) is 19.3 Å². The van der Waals surface area contributed by atoms with E-state index in [0.29, 0.717) is 11.4 Å². The van der Waals surface area contributed by atoms with Crippen molar-refractivity contribution in [3.05, 3.63) is 59.4 Å². The number of amides is 1. The molecule has 0 atom stereocenters. The molecule has 0 fully saturated rings. The van der Waals surface area contributed by atoms with Gasteiger partial charge in [-0.2, -0.15) is 0 Å². The van der Waals surface area contributed by atoms with Gasteiger partial charge in [0, 0.05) is 11.8 Å². The highest BCUT2D eigenvalue weighted by molar-refractivity contribution is 6.04. The van der Waals surface area contributed by atoms with Gasteiger partial charge in [0.1, 0.15) is 11.6 Å². The fourth-order valence-electron chi connectivity index (χ4n) is 2.14. The normalized spacial score (nSPS) is 10.3. The molecule has 0 aliphatic rings. The quantitative estimate of drug-likeness (QED) is 0.857. The van der Waals surface area contributed by atoms with Gasteiger partial charge in [-0.15, -0.1) is 0 Å². The molecule has 0 spiro atoms. The van der Waals surface area contributed by atoms with Crippen LogP contribution in [0.25, 0.3) is 0 Å². The minimum atomic E-state index is -0.601. The summed E-state index contributed by atoms with van der Waals surface area (Å²) in [6.07, 6.45) is 3.32. The van der Waals surface area contributed by atoms with Crippen LogP contribution in [0.15, 0.2) is 42.5 Å². The Morgan fingerprint density at radius 1 is 1.18 bits per heavy atom. The van der Waals surface area contributed by atoms with E-state index in [1.54, 1.807) is 6.07 Å². The fourth-order valence-corrected chi connectivity index (χ4v) is 2.14. The first-order valence-electron chi connectivity index (χ1n) is 7.38. The number of methoxy groups -OCH3 is 1. The molecule has 4 heteroatoms. The highest BCUT2D eigenvalue weighted by Crippen LogP contribution is 2.18. The lowest BCUT2D eigenvalue weighted by atomic mass is 10.1. The van der Waals surface area contributed by atoms with Crippen molar-refractivity contribution >= 4 is 11.6 Å². The average Bonchev–Trinajstić information content (AvgIpc) is 2.53.